The second kappa shape index (κ2) is 11.2. The molecule has 0 amide bonds. The van der Waals surface area contributed by atoms with E-state index in [0.717, 1.165) is 6.54 Å². The lowest BCUT2D eigenvalue weighted by Crippen LogP contribution is -2.41. The molecule has 1 aliphatic heterocycles. The van der Waals surface area contributed by atoms with Gasteiger partial charge in [-0.1, -0.05) is 82.2 Å². The maximum absolute atomic E-state index is 2.53. The third-order valence-corrected chi connectivity index (χ3v) is 5.28. The predicted molar refractivity (Wildman–Crippen MR) is 109 cm³/mol. The number of hydrogen-bond donors (Lipinski definition) is 0. The number of rotatable bonds is 12. The molecule has 1 aromatic rings. The Balaban J connectivity index is 1.75. The van der Waals surface area contributed by atoms with Crippen molar-refractivity contribution >= 4 is 0 Å². The Morgan fingerprint density at radius 3 is 2.12 bits per heavy atom. The Kier molecular flexibility index (Phi) is 8.93. The van der Waals surface area contributed by atoms with Gasteiger partial charge in [0.05, 0.1) is 0 Å². The fraction of sp³-hybridized carbons (Fsp3) is 0.652. The molecule has 0 aromatic heterocycles. The summed E-state index contributed by atoms with van der Waals surface area (Å²) in [6.07, 6.45) is 17.5. The smallest absolute Gasteiger partial charge is 0.101 e. The van der Waals surface area contributed by atoms with Crippen molar-refractivity contribution in [3.05, 3.63) is 48.3 Å². The minimum atomic E-state index is 0.528. The highest BCUT2D eigenvalue weighted by Crippen LogP contribution is 2.25. The molecule has 2 nitrogen and oxygen atoms in total. The van der Waals surface area contributed by atoms with Gasteiger partial charge in [-0.3, -0.25) is 0 Å². The molecule has 1 aromatic carbocycles. The normalized spacial score (nSPS) is 17.0. The van der Waals surface area contributed by atoms with Crippen LogP contribution in [0, 0.1) is 0 Å². The van der Waals surface area contributed by atoms with Crippen molar-refractivity contribution in [2.75, 3.05) is 0 Å². The zero-order valence-corrected chi connectivity index (χ0v) is 16.7. The number of benzene rings is 1. The SMILES string of the molecule is CCCCCCCCCCC1N(Cc2ccccc2)C=CN1C(C)C. The third kappa shape index (κ3) is 6.76. The van der Waals surface area contributed by atoms with Crippen LogP contribution in [0.25, 0.3) is 0 Å². The zero-order valence-electron chi connectivity index (χ0n) is 16.7. The predicted octanol–water partition coefficient (Wildman–Crippen LogP) is 6.54. The topological polar surface area (TPSA) is 6.48 Å². The Labute approximate surface area is 155 Å². The maximum Gasteiger partial charge on any atom is 0.101 e. The van der Waals surface area contributed by atoms with Gasteiger partial charge in [0, 0.05) is 25.0 Å². The largest absolute Gasteiger partial charge is 0.354 e. The van der Waals surface area contributed by atoms with Crippen LogP contribution < -0.4 is 0 Å². The van der Waals surface area contributed by atoms with Crippen LogP contribution in [-0.2, 0) is 6.54 Å². The summed E-state index contributed by atoms with van der Waals surface area (Å²) in [7, 11) is 0. The zero-order chi connectivity index (χ0) is 17.9. The highest BCUT2D eigenvalue weighted by atomic mass is 15.4. The van der Waals surface area contributed by atoms with Gasteiger partial charge >= 0.3 is 0 Å². The minimum absolute atomic E-state index is 0.528. The van der Waals surface area contributed by atoms with Crippen LogP contribution in [0.3, 0.4) is 0 Å². The molecule has 0 saturated carbocycles. The molecule has 140 valence electrons. The van der Waals surface area contributed by atoms with Gasteiger partial charge in [-0.25, -0.2) is 0 Å². The first-order valence-corrected chi connectivity index (χ1v) is 10.5. The van der Waals surface area contributed by atoms with Crippen LogP contribution in [0.1, 0.15) is 84.1 Å². The van der Waals surface area contributed by atoms with Gasteiger partial charge in [-0.15, -0.1) is 0 Å². The van der Waals surface area contributed by atoms with Crippen molar-refractivity contribution in [3.63, 3.8) is 0 Å². The van der Waals surface area contributed by atoms with E-state index in [1.807, 2.05) is 0 Å². The van der Waals surface area contributed by atoms with E-state index in [2.05, 4.69) is 73.3 Å². The van der Waals surface area contributed by atoms with Crippen LogP contribution in [0.5, 0.6) is 0 Å². The first kappa shape index (κ1) is 19.9. The summed E-state index contributed by atoms with van der Waals surface area (Å²) in [5.41, 5.74) is 1.40. The van der Waals surface area contributed by atoms with E-state index in [0.29, 0.717) is 12.2 Å². The van der Waals surface area contributed by atoms with Crippen LogP contribution in [0.15, 0.2) is 42.7 Å². The summed E-state index contributed by atoms with van der Waals surface area (Å²) >= 11 is 0. The van der Waals surface area contributed by atoms with Crippen LogP contribution in [-0.4, -0.2) is 22.0 Å². The van der Waals surface area contributed by atoms with Gasteiger partial charge in [0.25, 0.3) is 0 Å². The molecule has 2 rings (SSSR count). The first-order valence-electron chi connectivity index (χ1n) is 10.5. The lowest BCUT2D eigenvalue weighted by Gasteiger charge is -2.35. The molecule has 0 spiro atoms. The average Bonchev–Trinajstić information content (AvgIpc) is 3.01. The molecule has 0 bridgehead atoms. The third-order valence-electron chi connectivity index (χ3n) is 5.28. The summed E-state index contributed by atoms with van der Waals surface area (Å²) in [4.78, 5) is 5.06. The first-order chi connectivity index (χ1) is 12.2. The van der Waals surface area contributed by atoms with Crippen molar-refractivity contribution in [1.29, 1.82) is 0 Å². The second-order valence-electron chi connectivity index (χ2n) is 7.74. The maximum atomic E-state index is 2.53. The summed E-state index contributed by atoms with van der Waals surface area (Å²) in [6, 6.07) is 11.4. The summed E-state index contributed by atoms with van der Waals surface area (Å²) in [6.45, 7) is 7.91. The van der Waals surface area contributed by atoms with E-state index in [-0.39, 0.29) is 0 Å². The minimum Gasteiger partial charge on any atom is -0.354 e. The Bertz CT molecular complexity index is 480. The van der Waals surface area contributed by atoms with E-state index in [9.17, 15) is 0 Å². The average molecular weight is 343 g/mol. The molecule has 1 heterocycles. The lowest BCUT2D eigenvalue weighted by atomic mass is 10.1. The molecule has 25 heavy (non-hydrogen) atoms. The Hall–Kier alpha value is -1.44. The molecular formula is C23H38N2. The fourth-order valence-electron chi connectivity index (χ4n) is 3.78. The second-order valence-corrected chi connectivity index (χ2v) is 7.74. The van der Waals surface area contributed by atoms with Crippen molar-refractivity contribution in [1.82, 2.24) is 9.80 Å². The van der Waals surface area contributed by atoms with Crippen LogP contribution in [0.4, 0.5) is 0 Å². The molecule has 1 atom stereocenters. The van der Waals surface area contributed by atoms with Gasteiger partial charge in [-0.05, 0) is 32.3 Å². The van der Waals surface area contributed by atoms with Gasteiger partial charge in [0.1, 0.15) is 6.17 Å². The molecule has 0 aliphatic carbocycles. The molecule has 2 heteroatoms. The van der Waals surface area contributed by atoms with Crippen LogP contribution in [0.2, 0.25) is 0 Å². The summed E-state index contributed by atoms with van der Waals surface area (Å²) in [5, 5.41) is 0. The molecule has 0 N–H and O–H groups in total. The molecular weight excluding hydrogens is 304 g/mol. The van der Waals surface area contributed by atoms with Gasteiger partial charge in [0.2, 0.25) is 0 Å². The van der Waals surface area contributed by atoms with E-state index in [1.54, 1.807) is 0 Å². The monoisotopic (exact) mass is 342 g/mol. The number of hydrogen-bond acceptors (Lipinski definition) is 2. The molecule has 1 unspecified atom stereocenters. The van der Waals surface area contributed by atoms with E-state index in [4.69, 9.17) is 0 Å². The van der Waals surface area contributed by atoms with Gasteiger partial charge in [-0.2, -0.15) is 0 Å². The Morgan fingerprint density at radius 2 is 1.48 bits per heavy atom. The van der Waals surface area contributed by atoms with E-state index >= 15 is 0 Å². The molecule has 0 fully saturated rings. The number of nitrogens with zero attached hydrogens (tertiary/aromatic N) is 2. The number of unbranched alkanes of at least 4 members (excludes halogenated alkanes) is 7. The van der Waals surface area contributed by atoms with Gasteiger partial charge < -0.3 is 9.80 Å². The molecule has 1 aliphatic rings. The highest BCUT2D eigenvalue weighted by molar-refractivity contribution is 5.16. The summed E-state index contributed by atoms with van der Waals surface area (Å²) < 4.78 is 0. The van der Waals surface area contributed by atoms with E-state index in [1.165, 1.54) is 63.4 Å². The molecule has 0 radical (unpaired) electrons. The van der Waals surface area contributed by atoms with E-state index < -0.39 is 0 Å². The summed E-state index contributed by atoms with van der Waals surface area (Å²) in [5.74, 6) is 0. The van der Waals surface area contributed by atoms with Crippen molar-refractivity contribution < 1.29 is 0 Å². The van der Waals surface area contributed by atoms with Crippen molar-refractivity contribution in [3.8, 4) is 0 Å². The highest BCUT2D eigenvalue weighted by Gasteiger charge is 2.27. The Morgan fingerprint density at radius 1 is 0.840 bits per heavy atom. The van der Waals surface area contributed by atoms with Gasteiger partial charge in [0.15, 0.2) is 0 Å². The fourth-order valence-corrected chi connectivity index (χ4v) is 3.78. The molecule has 0 saturated heterocycles. The van der Waals surface area contributed by atoms with Crippen LogP contribution >= 0.6 is 0 Å². The van der Waals surface area contributed by atoms with Crippen molar-refractivity contribution in [2.45, 2.75) is 97.3 Å². The standard InChI is InChI=1S/C23H38N2/c1-4-5-6-7-8-9-10-14-17-23-24(18-19-25(23)21(2)3)20-22-15-12-11-13-16-22/h11-13,15-16,18-19,21,23H,4-10,14,17,20H2,1-3H3. The lowest BCUT2D eigenvalue weighted by molar-refractivity contribution is 0.110. The quantitative estimate of drug-likeness (QED) is 0.398. The van der Waals surface area contributed by atoms with Crippen molar-refractivity contribution in [2.24, 2.45) is 0 Å².